The van der Waals surface area contributed by atoms with Crippen LogP contribution in [-0.4, -0.2) is 25.2 Å². The van der Waals surface area contributed by atoms with Crippen LogP contribution in [0.1, 0.15) is 0 Å². The Hall–Kier alpha value is -1.63. The first kappa shape index (κ1) is 13.4. The van der Waals surface area contributed by atoms with Crippen LogP contribution in [0, 0.1) is 5.82 Å². The molecule has 0 aliphatic heterocycles. The number of hydrogen-bond acceptors (Lipinski definition) is 2. The van der Waals surface area contributed by atoms with Gasteiger partial charge in [-0.1, -0.05) is 0 Å². The standard InChI is InChI=1S/C10H10F4N2O/c11-7-1-3-8(4-2-7)16(9(17)5-15)6-10(12,13)14/h1-4H,5-6,15H2. The lowest BCUT2D eigenvalue weighted by atomic mass is 10.2. The smallest absolute Gasteiger partial charge is 0.322 e. The molecule has 0 fully saturated rings. The Kier molecular flexibility index (Phi) is 4.06. The van der Waals surface area contributed by atoms with E-state index in [1.54, 1.807) is 0 Å². The number of halogens is 4. The number of anilines is 1. The van der Waals surface area contributed by atoms with Gasteiger partial charge in [0.2, 0.25) is 5.91 Å². The van der Waals surface area contributed by atoms with Crippen molar-refractivity contribution in [2.24, 2.45) is 5.73 Å². The van der Waals surface area contributed by atoms with Gasteiger partial charge in [0.15, 0.2) is 0 Å². The van der Waals surface area contributed by atoms with Crippen LogP contribution in [0.2, 0.25) is 0 Å². The lowest BCUT2D eigenvalue weighted by molar-refractivity contribution is -0.131. The molecule has 1 amide bonds. The van der Waals surface area contributed by atoms with E-state index in [1.165, 1.54) is 0 Å². The van der Waals surface area contributed by atoms with E-state index in [4.69, 9.17) is 5.73 Å². The average molecular weight is 250 g/mol. The summed E-state index contributed by atoms with van der Waals surface area (Å²) in [5.74, 6) is -1.48. The van der Waals surface area contributed by atoms with Crippen molar-refractivity contribution in [1.29, 1.82) is 0 Å². The maximum atomic E-state index is 12.6. The molecule has 0 bridgehead atoms. The van der Waals surface area contributed by atoms with Gasteiger partial charge in [-0.3, -0.25) is 4.79 Å². The molecule has 0 aromatic heterocycles. The largest absolute Gasteiger partial charge is 0.406 e. The van der Waals surface area contributed by atoms with Gasteiger partial charge in [-0.05, 0) is 24.3 Å². The Balaban J connectivity index is 2.98. The summed E-state index contributed by atoms with van der Waals surface area (Å²) in [5, 5.41) is 0. The van der Waals surface area contributed by atoms with Crippen molar-refractivity contribution in [3.8, 4) is 0 Å². The number of nitrogens with zero attached hydrogens (tertiary/aromatic N) is 1. The third-order valence-corrected chi connectivity index (χ3v) is 1.95. The van der Waals surface area contributed by atoms with E-state index in [0.29, 0.717) is 4.90 Å². The molecular weight excluding hydrogens is 240 g/mol. The molecule has 1 rings (SSSR count). The quantitative estimate of drug-likeness (QED) is 0.829. The topological polar surface area (TPSA) is 46.3 Å². The Bertz CT molecular complexity index is 388. The fourth-order valence-corrected chi connectivity index (χ4v) is 1.23. The number of benzene rings is 1. The molecule has 0 radical (unpaired) electrons. The maximum Gasteiger partial charge on any atom is 0.406 e. The van der Waals surface area contributed by atoms with E-state index in [-0.39, 0.29) is 5.69 Å². The van der Waals surface area contributed by atoms with Crippen LogP contribution in [0.15, 0.2) is 24.3 Å². The van der Waals surface area contributed by atoms with E-state index in [0.717, 1.165) is 24.3 Å². The van der Waals surface area contributed by atoms with Crippen LogP contribution in [0.4, 0.5) is 23.2 Å². The minimum atomic E-state index is -4.54. The van der Waals surface area contributed by atoms with Gasteiger partial charge in [-0.25, -0.2) is 4.39 Å². The number of alkyl halides is 3. The summed E-state index contributed by atoms with van der Waals surface area (Å²) in [6.45, 7) is -2.00. The molecule has 0 unspecified atom stereocenters. The summed E-state index contributed by atoms with van der Waals surface area (Å²) in [5.41, 5.74) is 4.98. The summed E-state index contributed by atoms with van der Waals surface area (Å²) in [6.07, 6.45) is -4.54. The van der Waals surface area contributed by atoms with Crippen molar-refractivity contribution in [2.45, 2.75) is 6.18 Å². The van der Waals surface area contributed by atoms with E-state index >= 15 is 0 Å². The predicted octanol–water partition coefficient (Wildman–Crippen LogP) is 1.68. The molecule has 1 aromatic rings. The first-order valence-corrected chi connectivity index (χ1v) is 4.66. The van der Waals surface area contributed by atoms with Gasteiger partial charge in [0.05, 0.1) is 6.54 Å². The number of carbonyl (C=O) groups excluding carboxylic acids is 1. The third-order valence-electron chi connectivity index (χ3n) is 1.95. The van der Waals surface area contributed by atoms with Gasteiger partial charge in [-0.2, -0.15) is 13.2 Å². The van der Waals surface area contributed by atoms with Crippen molar-refractivity contribution in [3.05, 3.63) is 30.1 Å². The molecule has 94 valence electrons. The molecule has 3 nitrogen and oxygen atoms in total. The minimum Gasteiger partial charge on any atom is -0.322 e. The zero-order valence-electron chi connectivity index (χ0n) is 8.67. The average Bonchev–Trinajstić information content (AvgIpc) is 2.25. The molecule has 0 aliphatic carbocycles. The Morgan fingerprint density at radius 3 is 2.18 bits per heavy atom. The number of carbonyl (C=O) groups is 1. The molecule has 0 aliphatic rings. The third kappa shape index (κ3) is 4.03. The Labute approximate surface area is 94.8 Å². The second-order valence-electron chi connectivity index (χ2n) is 3.28. The van der Waals surface area contributed by atoms with Crippen LogP contribution >= 0.6 is 0 Å². The Morgan fingerprint density at radius 2 is 1.76 bits per heavy atom. The molecule has 0 saturated heterocycles. The second kappa shape index (κ2) is 5.13. The summed E-state index contributed by atoms with van der Waals surface area (Å²) < 4.78 is 49.4. The van der Waals surface area contributed by atoms with E-state index < -0.39 is 31.0 Å². The molecule has 17 heavy (non-hydrogen) atoms. The van der Waals surface area contributed by atoms with Crippen molar-refractivity contribution in [3.63, 3.8) is 0 Å². The van der Waals surface area contributed by atoms with Crippen molar-refractivity contribution >= 4 is 11.6 Å². The molecule has 7 heteroatoms. The Morgan fingerprint density at radius 1 is 1.24 bits per heavy atom. The normalized spacial score (nSPS) is 11.4. The zero-order chi connectivity index (χ0) is 13.1. The number of rotatable bonds is 3. The van der Waals surface area contributed by atoms with Crippen molar-refractivity contribution in [2.75, 3.05) is 18.0 Å². The first-order chi connectivity index (χ1) is 7.83. The summed E-state index contributed by atoms with van der Waals surface area (Å²) in [6, 6.07) is 4.13. The van der Waals surface area contributed by atoms with Crippen LogP contribution in [0.25, 0.3) is 0 Å². The van der Waals surface area contributed by atoms with Crippen molar-refractivity contribution in [1.82, 2.24) is 0 Å². The van der Waals surface area contributed by atoms with Gasteiger partial charge in [0.25, 0.3) is 0 Å². The van der Waals surface area contributed by atoms with Gasteiger partial charge in [0, 0.05) is 5.69 Å². The molecule has 0 atom stereocenters. The van der Waals surface area contributed by atoms with Crippen LogP contribution in [-0.2, 0) is 4.79 Å². The first-order valence-electron chi connectivity index (χ1n) is 4.66. The minimum absolute atomic E-state index is 0.0424. The highest BCUT2D eigenvalue weighted by molar-refractivity contribution is 5.94. The highest BCUT2D eigenvalue weighted by atomic mass is 19.4. The number of amides is 1. The summed E-state index contributed by atoms with van der Waals surface area (Å²) in [7, 11) is 0. The lowest BCUT2D eigenvalue weighted by Gasteiger charge is -2.23. The molecule has 0 spiro atoms. The van der Waals surface area contributed by atoms with E-state index in [9.17, 15) is 22.4 Å². The van der Waals surface area contributed by atoms with Gasteiger partial charge in [-0.15, -0.1) is 0 Å². The summed E-state index contributed by atoms with van der Waals surface area (Å²) in [4.78, 5) is 11.8. The van der Waals surface area contributed by atoms with E-state index in [1.807, 2.05) is 0 Å². The molecule has 0 heterocycles. The van der Waals surface area contributed by atoms with Gasteiger partial charge < -0.3 is 10.6 Å². The zero-order valence-corrected chi connectivity index (χ0v) is 8.67. The molecule has 2 N–H and O–H groups in total. The van der Waals surface area contributed by atoms with Gasteiger partial charge in [0.1, 0.15) is 12.4 Å². The SMILES string of the molecule is NCC(=O)N(CC(F)(F)F)c1ccc(F)cc1. The second-order valence-corrected chi connectivity index (χ2v) is 3.28. The molecular formula is C10H10F4N2O. The highest BCUT2D eigenvalue weighted by Crippen LogP contribution is 2.22. The molecule has 1 aromatic carbocycles. The van der Waals surface area contributed by atoms with E-state index in [2.05, 4.69) is 0 Å². The van der Waals surface area contributed by atoms with Crippen LogP contribution in [0.5, 0.6) is 0 Å². The molecule has 0 saturated carbocycles. The van der Waals surface area contributed by atoms with Crippen LogP contribution in [0.3, 0.4) is 0 Å². The van der Waals surface area contributed by atoms with Crippen molar-refractivity contribution < 1.29 is 22.4 Å². The maximum absolute atomic E-state index is 12.6. The lowest BCUT2D eigenvalue weighted by Crippen LogP contribution is -2.42. The monoisotopic (exact) mass is 250 g/mol. The predicted molar refractivity (Wildman–Crippen MR) is 53.9 cm³/mol. The fraction of sp³-hybridized carbons (Fsp3) is 0.300. The number of nitrogens with two attached hydrogens (primary N) is 1. The highest BCUT2D eigenvalue weighted by Gasteiger charge is 2.33. The van der Waals surface area contributed by atoms with Gasteiger partial charge >= 0.3 is 6.18 Å². The number of hydrogen-bond donors (Lipinski definition) is 1. The van der Waals surface area contributed by atoms with Crippen LogP contribution < -0.4 is 10.6 Å². The summed E-state index contributed by atoms with van der Waals surface area (Å²) >= 11 is 0. The fourth-order valence-electron chi connectivity index (χ4n) is 1.23.